The van der Waals surface area contributed by atoms with E-state index in [0.29, 0.717) is 0 Å². The topological polar surface area (TPSA) is 43.4 Å². The van der Waals surface area contributed by atoms with E-state index in [1.807, 2.05) is 92.7 Å². The lowest BCUT2D eigenvalue weighted by Gasteiger charge is -2.39. The second-order valence-electron chi connectivity index (χ2n) is 7.48. The van der Waals surface area contributed by atoms with Crippen LogP contribution in [0.4, 0.5) is 4.39 Å². The quantitative estimate of drug-likeness (QED) is 0.306. The number of benzene rings is 4. The van der Waals surface area contributed by atoms with Gasteiger partial charge in [0.25, 0.3) is 0 Å². The molecule has 4 rings (SSSR count). The minimum Gasteiger partial charge on any atom is -0.207 e. The molecule has 0 aliphatic rings. The molecule has 0 atom stereocenters. The Hall–Kier alpha value is -2.93. The van der Waals surface area contributed by atoms with Crippen molar-refractivity contribution >= 4 is 20.4 Å². The van der Waals surface area contributed by atoms with Crippen molar-refractivity contribution in [1.29, 1.82) is 0 Å². The second-order valence-corrected chi connectivity index (χ2v) is 11.9. The zero-order chi connectivity index (χ0) is 22.8. The van der Waals surface area contributed by atoms with Gasteiger partial charge in [0.2, 0.25) is 0 Å². The molecule has 0 aliphatic carbocycles. The first-order valence-electron chi connectivity index (χ1n) is 10.0. The van der Waals surface area contributed by atoms with E-state index in [-0.39, 0.29) is 4.90 Å². The summed E-state index contributed by atoms with van der Waals surface area (Å²) in [5.41, 5.74) is 2.01. The lowest BCUT2D eigenvalue weighted by atomic mass is 10.2. The Kier molecular flexibility index (Phi) is 6.20. The maximum atomic E-state index is 13.5. The van der Waals surface area contributed by atoms with Crippen molar-refractivity contribution in [2.75, 3.05) is 0 Å². The first-order chi connectivity index (χ1) is 15.3. The van der Waals surface area contributed by atoms with Gasteiger partial charge in [0.1, 0.15) is 5.82 Å². The number of aryl methyl sites for hydroxylation is 2. The molecule has 0 spiro atoms. The number of hydrogen-bond acceptors (Lipinski definition) is 3. The van der Waals surface area contributed by atoms with Crippen LogP contribution in [0, 0.1) is 19.7 Å². The summed E-state index contributed by atoms with van der Waals surface area (Å²) >= 11 is 0. The summed E-state index contributed by atoms with van der Waals surface area (Å²) in [4.78, 5) is 2.19. The lowest BCUT2D eigenvalue weighted by molar-refractivity contribution is 0.508. The fourth-order valence-corrected chi connectivity index (χ4v) is 9.03. The van der Waals surface area contributed by atoms with Crippen molar-refractivity contribution in [1.82, 2.24) is 0 Å². The van der Waals surface area contributed by atoms with Crippen molar-refractivity contribution in [3.05, 3.63) is 120 Å². The average Bonchev–Trinajstić information content (AvgIpc) is 2.78. The van der Waals surface area contributed by atoms with E-state index in [9.17, 15) is 12.8 Å². The predicted molar refractivity (Wildman–Crippen MR) is 126 cm³/mol. The minimum absolute atomic E-state index is 0.0907. The first kappa shape index (κ1) is 22.3. The van der Waals surface area contributed by atoms with Gasteiger partial charge in [-0.1, -0.05) is 42.5 Å². The summed E-state index contributed by atoms with van der Waals surface area (Å²) in [6.07, 6.45) is 0. The fourth-order valence-electron chi connectivity index (χ4n) is 3.62. The maximum absolute atomic E-state index is 13.5. The summed E-state index contributed by atoms with van der Waals surface area (Å²) in [7, 11) is -6.91. The average molecular weight is 467 g/mol. The molecule has 32 heavy (non-hydrogen) atoms. The molecule has 0 unspecified atom stereocenters. The molecule has 0 saturated heterocycles. The van der Waals surface area contributed by atoms with Crippen LogP contribution in [0.2, 0.25) is 0 Å². The Labute approximate surface area is 190 Å². The smallest absolute Gasteiger partial charge is 0.207 e. The van der Waals surface area contributed by atoms with E-state index in [1.54, 1.807) is 0 Å². The van der Waals surface area contributed by atoms with Crippen LogP contribution in [-0.2, 0) is 13.7 Å². The molecule has 4 aromatic carbocycles. The summed E-state index contributed by atoms with van der Waals surface area (Å²) in [6, 6.07) is 29.5. The molecule has 0 saturated carbocycles. The predicted octanol–water partition coefficient (Wildman–Crippen LogP) is 7.04. The van der Waals surface area contributed by atoms with Gasteiger partial charge in [0.05, 0.1) is 4.90 Å². The SMILES string of the molecule is Cc1cc(C)cc(S(OS(=O)(=O)c2ccc(F)cc2)(c2ccccc2)c2ccccc2)c1. The summed E-state index contributed by atoms with van der Waals surface area (Å²) in [5, 5.41) is 0. The lowest BCUT2D eigenvalue weighted by Crippen LogP contribution is -2.15. The highest BCUT2D eigenvalue weighted by molar-refractivity contribution is 8.33. The van der Waals surface area contributed by atoms with E-state index >= 15 is 0 Å². The summed E-state index contributed by atoms with van der Waals surface area (Å²) in [5.74, 6) is -0.511. The highest BCUT2D eigenvalue weighted by Crippen LogP contribution is 2.70. The van der Waals surface area contributed by atoms with E-state index in [1.165, 1.54) is 12.1 Å². The Morgan fingerprint density at radius 1 is 0.594 bits per heavy atom. The van der Waals surface area contributed by atoms with Gasteiger partial charge >= 0.3 is 10.1 Å². The zero-order valence-corrected chi connectivity index (χ0v) is 19.4. The maximum Gasteiger partial charge on any atom is 0.307 e. The number of hydrogen-bond donors (Lipinski definition) is 0. The molecule has 0 amide bonds. The van der Waals surface area contributed by atoms with Gasteiger partial charge in [0, 0.05) is 14.7 Å². The molecule has 164 valence electrons. The van der Waals surface area contributed by atoms with Gasteiger partial charge < -0.3 is 0 Å². The molecule has 6 heteroatoms. The highest BCUT2D eigenvalue weighted by atomic mass is 32.3. The number of halogens is 1. The molecule has 3 nitrogen and oxygen atoms in total. The van der Waals surface area contributed by atoms with Crippen molar-refractivity contribution in [2.45, 2.75) is 33.4 Å². The van der Waals surface area contributed by atoms with Gasteiger partial charge in [-0.3, -0.25) is 0 Å². The second kappa shape index (κ2) is 8.90. The van der Waals surface area contributed by atoms with Crippen molar-refractivity contribution in [3.8, 4) is 0 Å². The molecule has 0 aromatic heterocycles. The van der Waals surface area contributed by atoms with Gasteiger partial charge in [-0.15, -0.1) is 0 Å². The molecule has 0 fully saturated rings. The molecule has 0 aliphatic heterocycles. The third kappa shape index (κ3) is 4.35. The third-order valence-electron chi connectivity index (χ3n) is 4.97. The van der Waals surface area contributed by atoms with E-state index in [0.717, 1.165) is 37.9 Å². The van der Waals surface area contributed by atoms with Crippen molar-refractivity contribution < 1.29 is 16.4 Å². The molecule has 0 bridgehead atoms. The molecular formula is C26H23FO3S2. The molecular weight excluding hydrogens is 443 g/mol. The Morgan fingerprint density at radius 2 is 1.06 bits per heavy atom. The number of rotatable bonds is 6. The Morgan fingerprint density at radius 3 is 1.53 bits per heavy atom. The van der Waals surface area contributed by atoms with Crippen LogP contribution in [0.25, 0.3) is 0 Å². The van der Waals surface area contributed by atoms with Crippen molar-refractivity contribution in [2.24, 2.45) is 0 Å². The minimum atomic E-state index is -4.23. The summed E-state index contributed by atoms with van der Waals surface area (Å²) < 4.78 is 46.8. The normalized spacial score (nSPS) is 12.5. The van der Waals surface area contributed by atoms with Crippen molar-refractivity contribution in [3.63, 3.8) is 0 Å². The Bertz CT molecular complexity index is 1260. The van der Waals surface area contributed by atoms with Crippen LogP contribution in [0.15, 0.2) is 123 Å². The van der Waals surface area contributed by atoms with E-state index in [2.05, 4.69) is 0 Å². The molecule has 0 heterocycles. The Balaban J connectivity index is 2.04. The van der Waals surface area contributed by atoms with Crippen LogP contribution in [-0.4, -0.2) is 8.42 Å². The monoisotopic (exact) mass is 466 g/mol. The van der Waals surface area contributed by atoms with Crippen LogP contribution in [0.1, 0.15) is 11.1 Å². The first-order valence-corrected chi connectivity index (χ1v) is 13.0. The summed E-state index contributed by atoms with van der Waals surface area (Å²) in [6.45, 7) is 3.95. The largest absolute Gasteiger partial charge is 0.307 e. The zero-order valence-electron chi connectivity index (χ0n) is 17.7. The fraction of sp³-hybridized carbons (Fsp3) is 0.0769. The molecule has 0 N–H and O–H groups in total. The van der Waals surface area contributed by atoms with Crippen LogP contribution < -0.4 is 0 Å². The van der Waals surface area contributed by atoms with E-state index < -0.39 is 26.2 Å². The molecule has 0 radical (unpaired) electrons. The van der Waals surface area contributed by atoms with Crippen LogP contribution in [0.3, 0.4) is 0 Å². The third-order valence-corrected chi connectivity index (χ3v) is 10.1. The van der Waals surface area contributed by atoms with E-state index in [4.69, 9.17) is 3.63 Å². The highest BCUT2D eigenvalue weighted by Gasteiger charge is 2.38. The standard InChI is InChI=1S/C26H23FO3S2/c1-20-17-21(2)19-26(18-20)31(23-9-5-3-6-10-23,24-11-7-4-8-12-24)30-32(28,29)25-15-13-22(27)14-16-25/h3-19H,1-2H3. The van der Waals surface area contributed by atoms with Gasteiger partial charge in [-0.2, -0.15) is 8.42 Å². The van der Waals surface area contributed by atoms with Crippen LogP contribution >= 0.6 is 10.3 Å². The van der Waals surface area contributed by atoms with Gasteiger partial charge in [-0.25, -0.2) is 8.02 Å². The molecule has 4 aromatic rings. The van der Waals surface area contributed by atoms with Crippen LogP contribution in [0.5, 0.6) is 0 Å². The van der Waals surface area contributed by atoms with Gasteiger partial charge in [-0.05, 0) is 95.9 Å². The van der Waals surface area contributed by atoms with Gasteiger partial charge in [0.15, 0.2) is 0 Å².